The number of methoxy groups -OCH3 is 1. The summed E-state index contributed by atoms with van der Waals surface area (Å²) in [5, 5.41) is 7.02. The van der Waals surface area contributed by atoms with Gasteiger partial charge >= 0.3 is 0 Å². The first-order chi connectivity index (χ1) is 9.60. The maximum Gasteiger partial charge on any atom is 0.271 e. The normalized spacial score (nSPS) is 10.3. The molecule has 0 aliphatic carbocycles. The zero-order valence-corrected chi connectivity index (χ0v) is 12.0. The summed E-state index contributed by atoms with van der Waals surface area (Å²) in [6.07, 6.45) is 0.779. The van der Waals surface area contributed by atoms with Gasteiger partial charge in [0.05, 0.1) is 7.11 Å². The van der Waals surface area contributed by atoms with Crippen LogP contribution in [0, 0.1) is 6.92 Å². The predicted octanol–water partition coefficient (Wildman–Crippen LogP) is 1.71. The van der Waals surface area contributed by atoms with E-state index in [4.69, 9.17) is 4.74 Å². The molecule has 0 saturated heterocycles. The van der Waals surface area contributed by atoms with Crippen molar-refractivity contribution in [2.24, 2.45) is 7.05 Å². The smallest absolute Gasteiger partial charge is 0.271 e. The molecule has 0 aliphatic heterocycles. The van der Waals surface area contributed by atoms with Crippen molar-refractivity contribution in [3.8, 4) is 5.75 Å². The van der Waals surface area contributed by atoms with Crippen LogP contribution < -0.4 is 10.1 Å². The van der Waals surface area contributed by atoms with Crippen LogP contribution in [0.3, 0.4) is 0 Å². The zero-order valence-electron chi connectivity index (χ0n) is 12.0. The van der Waals surface area contributed by atoms with Crippen molar-refractivity contribution in [3.63, 3.8) is 0 Å². The van der Waals surface area contributed by atoms with E-state index >= 15 is 0 Å². The number of carbonyl (C=O) groups excluding carboxylic acids is 1. The van der Waals surface area contributed by atoms with E-state index in [1.54, 1.807) is 17.9 Å². The molecule has 2 aromatic rings. The molecule has 1 amide bonds. The van der Waals surface area contributed by atoms with Gasteiger partial charge in [-0.3, -0.25) is 9.48 Å². The molecule has 5 heteroatoms. The average molecular weight is 273 g/mol. The van der Waals surface area contributed by atoms with Gasteiger partial charge in [-0.1, -0.05) is 12.1 Å². The van der Waals surface area contributed by atoms with Gasteiger partial charge in [0.15, 0.2) is 0 Å². The number of amides is 1. The Morgan fingerprint density at radius 3 is 2.60 bits per heavy atom. The van der Waals surface area contributed by atoms with E-state index in [-0.39, 0.29) is 5.91 Å². The molecule has 0 fully saturated rings. The number of benzene rings is 1. The summed E-state index contributed by atoms with van der Waals surface area (Å²) in [5.41, 5.74) is 2.58. The van der Waals surface area contributed by atoms with Crippen LogP contribution in [-0.4, -0.2) is 29.3 Å². The van der Waals surface area contributed by atoms with Crippen LogP contribution in [0.25, 0.3) is 0 Å². The SMILES string of the molecule is COc1ccc(CCNC(=O)c2cc(C)n(C)n2)cc1. The minimum atomic E-state index is -0.137. The van der Waals surface area contributed by atoms with Gasteiger partial charge in [-0.15, -0.1) is 0 Å². The highest BCUT2D eigenvalue weighted by Gasteiger charge is 2.09. The van der Waals surface area contributed by atoms with Crippen molar-refractivity contribution in [3.05, 3.63) is 47.3 Å². The first-order valence-corrected chi connectivity index (χ1v) is 6.52. The fourth-order valence-corrected chi connectivity index (χ4v) is 1.87. The summed E-state index contributed by atoms with van der Waals surface area (Å²) in [6.45, 7) is 2.50. The van der Waals surface area contributed by atoms with Crippen LogP contribution in [0.15, 0.2) is 30.3 Å². The molecule has 0 atom stereocenters. The van der Waals surface area contributed by atoms with E-state index in [0.29, 0.717) is 12.2 Å². The monoisotopic (exact) mass is 273 g/mol. The highest BCUT2D eigenvalue weighted by molar-refractivity contribution is 5.92. The van der Waals surface area contributed by atoms with Crippen molar-refractivity contribution in [1.29, 1.82) is 0 Å². The Morgan fingerprint density at radius 1 is 1.35 bits per heavy atom. The highest BCUT2D eigenvalue weighted by Crippen LogP contribution is 2.11. The molecule has 1 heterocycles. The van der Waals surface area contributed by atoms with Gasteiger partial charge in [0.1, 0.15) is 11.4 Å². The van der Waals surface area contributed by atoms with Crippen LogP contribution in [0.5, 0.6) is 5.75 Å². The zero-order chi connectivity index (χ0) is 14.5. The van der Waals surface area contributed by atoms with E-state index in [2.05, 4.69) is 10.4 Å². The molecular formula is C15H19N3O2. The molecule has 1 aromatic heterocycles. The maximum atomic E-state index is 11.9. The average Bonchev–Trinajstić information content (AvgIpc) is 2.79. The van der Waals surface area contributed by atoms with E-state index in [0.717, 1.165) is 23.4 Å². The number of hydrogen-bond acceptors (Lipinski definition) is 3. The molecule has 0 aliphatic rings. The second kappa shape index (κ2) is 6.23. The molecule has 0 spiro atoms. The third kappa shape index (κ3) is 3.38. The second-order valence-corrected chi connectivity index (χ2v) is 4.65. The van der Waals surface area contributed by atoms with Gasteiger partial charge in [-0.2, -0.15) is 5.10 Å². The summed E-state index contributed by atoms with van der Waals surface area (Å²) in [4.78, 5) is 11.9. The number of nitrogens with one attached hydrogen (secondary N) is 1. The molecule has 0 radical (unpaired) electrons. The second-order valence-electron chi connectivity index (χ2n) is 4.65. The Kier molecular flexibility index (Phi) is 4.40. The molecule has 1 aromatic carbocycles. The summed E-state index contributed by atoms with van der Waals surface area (Å²) in [5.74, 6) is 0.698. The van der Waals surface area contributed by atoms with Crippen molar-refractivity contribution in [1.82, 2.24) is 15.1 Å². The molecule has 0 saturated carbocycles. The van der Waals surface area contributed by atoms with Crippen LogP contribution >= 0.6 is 0 Å². The fourth-order valence-electron chi connectivity index (χ4n) is 1.87. The number of rotatable bonds is 5. The van der Waals surface area contributed by atoms with Gasteiger partial charge < -0.3 is 10.1 Å². The van der Waals surface area contributed by atoms with Gasteiger partial charge in [0.25, 0.3) is 5.91 Å². The Balaban J connectivity index is 1.84. The molecule has 106 valence electrons. The number of nitrogens with zero attached hydrogens (tertiary/aromatic N) is 2. The summed E-state index contributed by atoms with van der Waals surface area (Å²) < 4.78 is 6.80. The molecule has 0 bridgehead atoms. The van der Waals surface area contributed by atoms with E-state index in [1.165, 1.54) is 0 Å². The first kappa shape index (κ1) is 14.1. The van der Waals surface area contributed by atoms with Crippen LogP contribution in [0.2, 0.25) is 0 Å². The molecule has 1 N–H and O–H groups in total. The largest absolute Gasteiger partial charge is 0.497 e. The van der Waals surface area contributed by atoms with Crippen LogP contribution in [0.4, 0.5) is 0 Å². The fraction of sp³-hybridized carbons (Fsp3) is 0.333. The Morgan fingerprint density at radius 2 is 2.05 bits per heavy atom. The van der Waals surface area contributed by atoms with Gasteiger partial charge in [0.2, 0.25) is 0 Å². The van der Waals surface area contributed by atoms with Crippen molar-refractivity contribution >= 4 is 5.91 Å². The summed E-state index contributed by atoms with van der Waals surface area (Å²) in [6, 6.07) is 9.60. The highest BCUT2D eigenvalue weighted by atomic mass is 16.5. The van der Waals surface area contributed by atoms with Gasteiger partial charge in [0, 0.05) is 19.3 Å². The Hall–Kier alpha value is -2.30. The van der Waals surface area contributed by atoms with Crippen molar-refractivity contribution in [2.75, 3.05) is 13.7 Å². The third-order valence-electron chi connectivity index (χ3n) is 3.20. The third-order valence-corrected chi connectivity index (χ3v) is 3.20. The van der Waals surface area contributed by atoms with Crippen molar-refractivity contribution in [2.45, 2.75) is 13.3 Å². The lowest BCUT2D eigenvalue weighted by Gasteiger charge is -2.05. The van der Waals surface area contributed by atoms with E-state index in [9.17, 15) is 4.79 Å². The minimum Gasteiger partial charge on any atom is -0.497 e. The minimum absolute atomic E-state index is 0.137. The number of hydrogen-bond donors (Lipinski definition) is 1. The molecular weight excluding hydrogens is 254 g/mol. The van der Waals surface area contributed by atoms with Crippen molar-refractivity contribution < 1.29 is 9.53 Å². The Labute approximate surface area is 118 Å². The Bertz CT molecular complexity index is 568. The molecule has 2 rings (SSSR count). The topological polar surface area (TPSA) is 56.1 Å². The molecule has 20 heavy (non-hydrogen) atoms. The van der Waals surface area contributed by atoms with E-state index < -0.39 is 0 Å². The summed E-state index contributed by atoms with van der Waals surface area (Å²) >= 11 is 0. The van der Waals surface area contributed by atoms with Gasteiger partial charge in [-0.25, -0.2) is 0 Å². The lowest BCUT2D eigenvalue weighted by atomic mass is 10.1. The quantitative estimate of drug-likeness (QED) is 0.902. The molecule has 5 nitrogen and oxygen atoms in total. The predicted molar refractivity (Wildman–Crippen MR) is 77.0 cm³/mol. The molecule has 0 unspecified atom stereocenters. The first-order valence-electron chi connectivity index (χ1n) is 6.52. The number of ether oxygens (including phenoxy) is 1. The number of aromatic nitrogens is 2. The summed E-state index contributed by atoms with van der Waals surface area (Å²) in [7, 11) is 3.47. The maximum absolute atomic E-state index is 11.9. The standard InChI is InChI=1S/C15H19N3O2/c1-11-10-14(17-18(11)2)15(19)16-9-8-12-4-6-13(20-3)7-5-12/h4-7,10H,8-9H2,1-3H3,(H,16,19). The van der Waals surface area contributed by atoms with Gasteiger partial charge in [-0.05, 0) is 37.1 Å². The number of carbonyl (C=O) groups is 1. The lowest BCUT2D eigenvalue weighted by Crippen LogP contribution is -2.26. The lowest BCUT2D eigenvalue weighted by molar-refractivity contribution is 0.0948. The number of aryl methyl sites for hydroxylation is 2. The van der Waals surface area contributed by atoms with E-state index in [1.807, 2.05) is 38.2 Å². The van der Waals surface area contributed by atoms with Crippen LogP contribution in [0.1, 0.15) is 21.7 Å². The van der Waals surface area contributed by atoms with Crippen LogP contribution in [-0.2, 0) is 13.5 Å².